The number of para-hydroxylation sites is 1. The number of hydrogen-bond donors (Lipinski definition) is 0. The maximum Gasteiger partial charge on any atom is 0.247 e. The molecule has 1 heterocycles. The molecule has 1 atom stereocenters. The fraction of sp³-hybridized carbons (Fsp3) is 0.526. The summed E-state index contributed by atoms with van der Waals surface area (Å²) in [5.41, 5.74) is 0.711. The lowest BCUT2D eigenvalue weighted by Gasteiger charge is -2.28. The van der Waals surface area contributed by atoms with Crippen molar-refractivity contribution in [1.29, 1.82) is 5.26 Å². The highest BCUT2D eigenvalue weighted by Gasteiger charge is 2.31. The molecular formula is C19H24N2O3. The summed E-state index contributed by atoms with van der Waals surface area (Å²) in [5, 5.41) is 9.34. The molecular weight excluding hydrogens is 304 g/mol. The molecule has 5 heteroatoms. The molecule has 0 aliphatic carbocycles. The highest BCUT2D eigenvalue weighted by molar-refractivity contribution is 6.04. The Morgan fingerprint density at radius 2 is 1.88 bits per heavy atom. The standard InChI is InChI=1S/C19H24N2O3/c1-14(2)24-18-9-5-4-8-15(18)12-17(22)16(13-20)19(23)21-10-6-3-7-11-21/h4-5,8-9,14,16H,3,6-7,10-12H2,1-2H3/t16-/m1/s1. The van der Waals surface area contributed by atoms with Crippen LogP contribution in [-0.2, 0) is 16.0 Å². The second-order valence-corrected chi connectivity index (χ2v) is 6.37. The third kappa shape index (κ3) is 4.58. The first-order valence-corrected chi connectivity index (χ1v) is 8.48. The summed E-state index contributed by atoms with van der Waals surface area (Å²) in [5.74, 6) is -1.32. The average molecular weight is 328 g/mol. The van der Waals surface area contributed by atoms with Crippen LogP contribution in [0.2, 0.25) is 0 Å². The van der Waals surface area contributed by atoms with Gasteiger partial charge >= 0.3 is 0 Å². The van der Waals surface area contributed by atoms with E-state index in [4.69, 9.17) is 4.74 Å². The molecule has 2 rings (SSSR count). The van der Waals surface area contributed by atoms with E-state index in [1.165, 1.54) is 0 Å². The van der Waals surface area contributed by atoms with Crippen molar-refractivity contribution in [2.75, 3.05) is 13.1 Å². The molecule has 0 saturated carbocycles. The maximum atomic E-state index is 12.5. The summed E-state index contributed by atoms with van der Waals surface area (Å²) in [6.07, 6.45) is 2.98. The molecule has 1 aliphatic heterocycles. The molecule has 0 N–H and O–H groups in total. The molecule has 1 aromatic carbocycles. The zero-order chi connectivity index (χ0) is 17.5. The lowest BCUT2D eigenvalue weighted by molar-refractivity contribution is -0.139. The van der Waals surface area contributed by atoms with E-state index in [0.29, 0.717) is 24.4 Å². The van der Waals surface area contributed by atoms with Gasteiger partial charge in [-0.2, -0.15) is 5.26 Å². The van der Waals surface area contributed by atoms with Gasteiger partial charge in [0, 0.05) is 25.1 Å². The van der Waals surface area contributed by atoms with E-state index in [-0.39, 0.29) is 24.2 Å². The third-order valence-electron chi connectivity index (χ3n) is 4.07. The van der Waals surface area contributed by atoms with Crippen LogP contribution in [0.3, 0.4) is 0 Å². The Labute approximate surface area is 143 Å². The van der Waals surface area contributed by atoms with Crippen molar-refractivity contribution in [2.24, 2.45) is 5.92 Å². The third-order valence-corrected chi connectivity index (χ3v) is 4.07. The molecule has 0 unspecified atom stereocenters. The Balaban J connectivity index is 2.10. The molecule has 1 aliphatic rings. The van der Waals surface area contributed by atoms with Crippen molar-refractivity contribution >= 4 is 11.7 Å². The van der Waals surface area contributed by atoms with Crippen LogP contribution in [-0.4, -0.2) is 35.8 Å². The number of benzene rings is 1. The smallest absolute Gasteiger partial charge is 0.247 e. The van der Waals surface area contributed by atoms with Crippen LogP contribution in [0.25, 0.3) is 0 Å². The van der Waals surface area contributed by atoms with Gasteiger partial charge in [-0.15, -0.1) is 0 Å². The van der Waals surface area contributed by atoms with E-state index < -0.39 is 5.92 Å². The van der Waals surface area contributed by atoms with Gasteiger partial charge in [-0.05, 0) is 39.2 Å². The van der Waals surface area contributed by atoms with Gasteiger partial charge in [0.2, 0.25) is 5.91 Å². The second-order valence-electron chi connectivity index (χ2n) is 6.37. The average Bonchev–Trinajstić information content (AvgIpc) is 2.57. The first kappa shape index (κ1) is 18.0. The van der Waals surface area contributed by atoms with E-state index >= 15 is 0 Å². The second kappa shape index (κ2) is 8.49. The number of hydrogen-bond acceptors (Lipinski definition) is 4. The van der Waals surface area contributed by atoms with Crippen molar-refractivity contribution in [2.45, 2.75) is 45.6 Å². The van der Waals surface area contributed by atoms with Gasteiger partial charge in [0.25, 0.3) is 0 Å². The Morgan fingerprint density at radius 3 is 2.50 bits per heavy atom. The van der Waals surface area contributed by atoms with Gasteiger partial charge in [0.15, 0.2) is 11.7 Å². The van der Waals surface area contributed by atoms with E-state index in [0.717, 1.165) is 19.3 Å². The fourth-order valence-corrected chi connectivity index (χ4v) is 2.87. The number of ether oxygens (including phenoxy) is 1. The molecule has 1 aromatic rings. The van der Waals surface area contributed by atoms with Gasteiger partial charge in [0.1, 0.15) is 5.75 Å². The summed E-state index contributed by atoms with van der Waals surface area (Å²) < 4.78 is 5.71. The fourth-order valence-electron chi connectivity index (χ4n) is 2.87. The molecule has 24 heavy (non-hydrogen) atoms. The molecule has 1 fully saturated rings. The number of nitriles is 1. The highest BCUT2D eigenvalue weighted by Crippen LogP contribution is 2.22. The number of likely N-dealkylation sites (tertiary alicyclic amines) is 1. The van der Waals surface area contributed by atoms with E-state index in [9.17, 15) is 14.9 Å². The Morgan fingerprint density at radius 1 is 1.21 bits per heavy atom. The maximum absolute atomic E-state index is 12.5. The SMILES string of the molecule is CC(C)Oc1ccccc1CC(=O)[C@@H](C#N)C(=O)N1CCCCC1. The number of Topliss-reactive ketones (excluding diaryl/α,β-unsaturated/α-hetero) is 1. The van der Waals surface area contributed by atoms with Gasteiger partial charge in [0.05, 0.1) is 12.2 Å². The van der Waals surface area contributed by atoms with Crippen molar-refractivity contribution in [3.63, 3.8) is 0 Å². The Hall–Kier alpha value is -2.35. The van der Waals surface area contributed by atoms with Crippen molar-refractivity contribution in [1.82, 2.24) is 4.90 Å². The van der Waals surface area contributed by atoms with Gasteiger partial charge in [-0.3, -0.25) is 9.59 Å². The number of ketones is 1. The number of rotatable bonds is 6. The topological polar surface area (TPSA) is 70.4 Å². The number of amides is 1. The van der Waals surface area contributed by atoms with Crippen LogP contribution < -0.4 is 4.74 Å². The summed E-state index contributed by atoms with van der Waals surface area (Å²) >= 11 is 0. The summed E-state index contributed by atoms with van der Waals surface area (Å²) in [6.45, 7) is 5.10. The van der Waals surface area contributed by atoms with Crippen LogP contribution in [0.5, 0.6) is 5.75 Å². The first-order chi connectivity index (χ1) is 11.5. The largest absolute Gasteiger partial charge is 0.491 e. The number of nitrogens with zero attached hydrogens (tertiary/aromatic N) is 2. The minimum absolute atomic E-state index is 0.0111. The molecule has 128 valence electrons. The number of carbonyl (C=O) groups is 2. The normalized spacial score (nSPS) is 15.7. The predicted molar refractivity (Wildman–Crippen MR) is 90.5 cm³/mol. The van der Waals surface area contributed by atoms with Crippen molar-refractivity contribution in [3.8, 4) is 11.8 Å². The zero-order valence-corrected chi connectivity index (χ0v) is 14.3. The lowest BCUT2D eigenvalue weighted by atomic mass is 9.96. The number of piperidine rings is 1. The van der Waals surface area contributed by atoms with Gasteiger partial charge in [-0.1, -0.05) is 18.2 Å². The van der Waals surface area contributed by atoms with Crippen LogP contribution in [0.4, 0.5) is 0 Å². The lowest BCUT2D eigenvalue weighted by Crippen LogP contribution is -2.42. The molecule has 1 amide bonds. The molecule has 0 bridgehead atoms. The minimum atomic E-state index is -1.23. The van der Waals surface area contributed by atoms with Gasteiger partial charge < -0.3 is 9.64 Å². The molecule has 0 spiro atoms. The van der Waals surface area contributed by atoms with Crippen LogP contribution in [0.1, 0.15) is 38.7 Å². The minimum Gasteiger partial charge on any atom is -0.491 e. The molecule has 5 nitrogen and oxygen atoms in total. The Kier molecular flexibility index (Phi) is 6.36. The summed E-state index contributed by atoms with van der Waals surface area (Å²) in [6, 6.07) is 9.16. The zero-order valence-electron chi connectivity index (χ0n) is 14.3. The van der Waals surface area contributed by atoms with E-state index in [1.54, 1.807) is 17.0 Å². The highest BCUT2D eigenvalue weighted by atomic mass is 16.5. The van der Waals surface area contributed by atoms with Crippen molar-refractivity contribution < 1.29 is 14.3 Å². The summed E-state index contributed by atoms with van der Waals surface area (Å²) in [7, 11) is 0. The molecule has 0 aromatic heterocycles. The Bertz CT molecular complexity index is 628. The number of carbonyl (C=O) groups excluding carboxylic acids is 2. The van der Waals surface area contributed by atoms with E-state index in [2.05, 4.69) is 0 Å². The quantitative estimate of drug-likeness (QED) is 0.753. The first-order valence-electron chi connectivity index (χ1n) is 8.48. The van der Waals surface area contributed by atoms with E-state index in [1.807, 2.05) is 32.0 Å². The van der Waals surface area contributed by atoms with Gasteiger partial charge in [-0.25, -0.2) is 0 Å². The van der Waals surface area contributed by atoms with Crippen LogP contribution >= 0.6 is 0 Å². The molecule has 1 saturated heterocycles. The summed E-state index contributed by atoms with van der Waals surface area (Å²) in [4.78, 5) is 26.7. The molecule has 0 radical (unpaired) electrons. The van der Waals surface area contributed by atoms with Crippen molar-refractivity contribution in [3.05, 3.63) is 29.8 Å². The monoisotopic (exact) mass is 328 g/mol. The van der Waals surface area contributed by atoms with Crippen LogP contribution in [0.15, 0.2) is 24.3 Å². The predicted octanol–water partition coefficient (Wildman–Crippen LogP) is 2.74. The van der Waals surface area contributed by atoms with Crippen LogP contribution in [0, 0.1) is 17.2 Å².